The lowest BCUT2D eigenvalue weighted by Gasteiger charge is -2.00. The van der Waals surface area contributed by atoms with Crippen molar-refractivity contribution in [3.63, 3.8) is 0 Å². The van der Waals surface area contributed by atoms with Crippen LogP contribution in [0.5, 0.6) is 0 Å². The first-order chi connectivity index (χ1) is 7.11. The molecule has 0 radical (unpaired) electrons. The summed E-state index contributed by atoms with van der Waals surface area (Å²) in [5, 5.41) is 0. The van der Waals surface area contributed by atoms with Crippen LogP contribution in [0.1, 0.15) is 26.7 Å². The van der Waals surface area contributed by atoms with Crippen molar-refractivity contribution in [2.24, 2.45) is 0 Å². The average molecular weight is 218 g/mol. The van der Waals surface area contributed by atoms with Gasteiger partial charge in [-0.2, -0.15) is 4.39 Å². The fourth-order valence-electron chi connectivity index (χ4n) is 0.721. The zero-order chi connectivity index (χ0) is 11.7. The van der Waals surface area contributed by atoms with Crippen LogP contribution in [0, 0.1) is 0 Å². The highest BCUT2D eigenvalue weighted by molar-refractivity contribution is 5.94. The maximum atomic E-state index is 12.8. The number of carbonyl (C=O) groups excluding carboxylic acids is 2. The Morgan fingerprint density at radius 1 is 1.27 bits per heavy atom. The van der Waals surface area contributed by atoms with E-state index in [1.54, 1.807) is 6.92 Å². The molecule has 0 unspecified atom stereocenters. The van der Waals surface area contributed by atoms with E-state index in [2.05, 4.69) is 9.47 Å². The third kappa shape index (κ3) is 6.65. The summed E-state index contributed by atoms with van der Waals surface area (Å²) in [6, 6.07) is 0. The predicted molar refractivity (Wildman–Crippen MR) is 51.7 cm³/mol. The number of halogens is 1. The second kappa shape index (κ2) is 7.96. The molecule has 4 nitrogen and oxygen atoms in total. The van der Waals surface area contributed by atoms with Crippen LogP contribution in [-0.4, -0.2) is 25.2 Å². The summed E-state index contributed by atoms with van der Waals surface area (Å²) < 4.78 is 21.8. The molecule has 0 aromatic rings. The smallest absolute Gasteiger partial charge is 0.367 e. The Kier molecular flexibility index (Phi) is 7.23. The van der Waals surface area contributed by atoms with E-state index in [-0.39, 0.29) is 13.2 Å². The number of ether oxygens (including phenoxy) is 2. The van der Waals surface area contributed by atoms with Crippen molar-refractivity contribution in [2.75, 3.05) is 13.2 Å². The van der Waals surface area contributed by atoms with Gasteiger partial charge >= 0.3 is 11.9 Å². The average Bonchev–Trinajstić information content (AvgIpc) is 2.18. The third-order valence-electron chi connectivity index (χ3n) is 1.46. The maximum absolute atomic E-state index is 12.8. The molecule has 0 N–H and O–H groups in total. The summed E-state index contributed by atoms with van der Waals surface area (Å²) in [4.78, 5) is 21.6. The quantitative estimate of drug-likeness (QED) is 0.387. The van der Waals surface area contributed by atoms with Crippen molar-refractivity contribution in [1.29, 1.82) is 0 Å². The third-order valence-corrected chi connectivity index (χ3v) is 1.46. The van der Waals surface area contributed by atoms with Crippen LogP contribution in [0.25, 0.3) is 0 Å². The standard InChI is InChI=1S/C10H15FO4/c1-3-5-6-15-9(12)7-8(11)10(13)14-4-2/h7H,3-6H2,1-2H3/b8-7-. The van der Waals surface area contributed by atoms with Gasteiger partial charge < -0.3 is 9.47 Å². The number of rotatable bonds is 6. The highest BCUT2D eigenvalue weighted by atomic mass is 19.1. The van der Waals surface area contributed by atoms with Gasteiger partial charge in [0.2, 0.25) is 5.83 Å². The van der Waals surface area contributed by atoms with Crippen molar-refractivity contribution >= 4 is 11.9 Å². The van der Waals surface area contributed by atoms with Crippen LogP contribution in [0.3, 0.4) is 0 Å². The summed E-state index contributed by atoms with van der Waals surface area (Å²) in [5.74, 6) is -3.25. The SMILES string of the molecule is CCCCOC(=O)/C=C(\F)C(=O)OCC. The predicted octanol–water partition coefficient (Wildman–Crippen LogP) is 1.75. The first-order valence-corrected chi connectivity index (χ1v) is 4.82. The molecule has 0 aliphatic heterocycles. The number of carbonyl (C=O) groups is 2. The summed E-state index contributed by atoms with van der Waals surface area (Å²) in [6.07, 6.45) is 2.08. The minimum absolute atomic E-state index is 0.0605. The lowest BCUT2D eigenvalue weighted by atomic mass is 10.4. The second-order valence-corrected chi connectivity index (χ2v) is 2.73. The minimum Gasteiger partial charge on any atom is -0.462 e. The molecule has 0 aliphatic carbocycles. The summed E-state index contributed by atoms with van der Waals surface area (Å²) >= 11 is 0. The summed E-state index contributed by atoms with van der Waals surface area (Å²) in [5.41, 5.74) is 0. The van der Waals surface area contributed by atoms with E-state index in [9.17, 15) is 14.0 Å². The summed E-state index contributed by atoms with van der Waals surface area (Å²) in [7, 11) is 0. The van der Waals surface area contributed by atoms with E-state index in [1.807, 2.05) is 6.92 Å². The second-order valence-electron chi connectivity index (χ2n) is 2.73. The van der Waals surface area contributed by atoms with Crippen LogP contribution in [0.15, 0.2) is 11.9 Å². The molecule has 0 bridgehead atoms. The maximum Gasteiger partial charge on any atom is 0.367 e. The molecule has 5 heteroatoms. The largest absolute Gasteiger partial charge is 0.462 e. The lowest BCUT2D eigenvalue weighted by molar-refractivity contribution is -0.142. The van der Waals surface area contributed by atoms with Crippen LogP contribution in [0.4, 0.5) is 4.39 Å². The van der Waals surface area contributed by atoms with E-state index >= 15 is 0 Å². The molecule has 0 aromatic carbocycles. The van der Waals surface area contributed by atoms with Crippen LogP contribution < -0.4 is 0 Å². The van der Waals surface area contributed by atoms with Gasteiger partial charge in [0, 0.05) is 0 Å². The molecule has 0 atom stereocenters. The van der Waals surface area contributed by atoms with Gasteiger partial charge in [-0.1, -0.05) is 13.3 Å². The molecule has 0 saturated heterocycles. The van der Waals surface area contributed by atoms with Crippen molar-refractivity contribution in [3.8, 4) is 0 Å². The molecular formula is C10H15FO4. The zero-order valence-electron chi connectivity index (χ0n) is 8.92. The number of unbranched alkanes of at least 4 members (excludes halogenated alkanes) is 1. The van der Waals surface area contributed by atoms with Gasteiger partial charge in [-0.15, -0.1) is 0 Å². The van der Waals surface area contributed by atoms with E-state index in [1.165, 1.54) is 0 Å². The molecule has 0 amide bonds. The van der Waals surface area contributed by atoms with Gasteiger partial charge in [0.1, 0.15) is 0 Å². The van der Waals surface area contributed by atoms with Gasteiger partial charge in [-0.05, 0) is 13.3 Å². The molecule has 15 heavy (non-hydrogen) atoms. The zero-order valence-corrected chi connectivity index (χ0v) is 8.92. The molecule has 0 fully saturated rings. The van der Waals surface area contributed by atoms with Crippen molar-refractivity contribution in [3.05, 3.63) is 11.9 Å². The molecule has 86 valence electrons. The molecule has 0 aromatic heterocycles. The highest BCUT2D eigenvalue weighted by Gasteiger charge is 2.12. The van der Waals surface area contributed by atoms with Gasteiger partial charge in [0.25, 0.3) is 0 Å². The van der Waals surface area contributed by atoms with Crippen LogP contribution >= 0.6 is 0 Å². The van der Waals surface area contributed by atoms with Crippen LogP contribution in [0.2, 0.25) is 0 Å². The van der Waals surface area contributed by atoms with E-state index in [0.29, 0.717) is 12.5 Å². The molecule has 0 heterocycles. The van der Waals surface area contributed by atoms with Crippen molar-refractivity contribution in [1.82, 2.24) is 0 Å². The minimum atomic E-state index is -1.24. The number of hydrogen-bond acceptors (Lipinski definition) is 4. The van der Waals surface area contributed by atoms with Crippen LogP contribution in [-0.2, 0) is 19.1 Å². The van der Waals surface area contributed by atoms with E-state index < -0.39 is 17.8 Å². The van der Waals surface area contributed by atoms with Gasteiger partial charge in [-0.3, -0.25) is 0 Å². The fourth-order valence-corrected chi connectivity index (χ4v) is 0.721. The lowest BCUT2D eigenvalue weighted by Crippen LogP contribution is -2.08. The molecule has 0 rings (SSSR count). The number of esters is 2. The van der Waals surface area contributed by atoms with Gasteiger partial charge in [0.15, 0.2) is 0 Å². The Bertz CT molecular complexity index is 248. The van der Waals surface area contributed by atoms with Gasteiger partial charge in [0.05, 0.1) is 19.3 Å². The Morgan fingerprint density at radius 2 is 1.93 bits per heavy atom. The van der Waals surface area contributed by atoms with Crippen molar-refractivity contribution in [2.45, 2.75) is 26.7 Å². The molecule has 0 spiro atoms. The molecule has 0 saturated carbocycles. The first kappa shape index (κ1) is 13.6. The number of hydrogen-bond donors (Lipinski definition) is 0. The van der Waals surface area contributed by atoms with E-state index in [4.69, 9.17) is 0 Å². The monoisotopic (exact) mass is 218 g/mol. The summed E-state index contributed by atoms with van der Waals surface area (Å²) in [6.45, 7) is 3.76. The highest BCUT2D eigenvalue weighted by Crippen LogP contribution is 2.01. The Balaban J connectivity index is 3.99. The Morgan fingerprint density at radius 3 is 2.47 bits per heavy atom. The Hall–Kier alpha value is -1.39. The Labute approximate surface area is 88.0 Å². The van der Waals surface area contributed by atoms with Gasteiger partial charge in [-0.25, -0.2) is 9.59 Å². The normalized spacial score (nSPS) is 11.0. The topological polar surface area (TPSA) is 52.6 Å². The first-order valence-electron chi connectivity index (χ1n) is 4.82. The van der Waals surface area contributed by atoms with E-state index in [0.717, 1.165) is 6.42 Å². The molecule has 0 aliphatic rings. The molecular weight excluding hydrogens is 203 g/mol. The van der Waals surface area contributed by atoms with Crippen molar-refractivity contribution < 1.29 is 23.5 Å². The fraction of sp³-hybridized carbons (Fsp3) is 0.600.